The number of aromatic amines is 1. The van der Waals surface area contributed by atoms with Crippen LogP contribution in [0.4, 0.5) is 0 Å². The summed E-state index contributed by atoms with van der Waals surface area (Å²) >= 11 is 0. The largest absolute Gasteiger partial charge is 0.344 e. The minimum absolute atomic E-state index is 0.00455. The molecular formula is C17H25N3. The van der Waals surface area contributed by atoms with Crippen LogP contribution < -0.4 is 5.73 Å². The van der Waals surface area contributed by atoms with E-state index in [1.165, 1.54) is 5.69 Å². The average Bonchev–Trinajstić information content (AvgIpc) is 2.91. The Morgan fingerprint density at radius 3 is 2.50 bits per heavy atom. The van der Waals surface area contributed by atoms with Crippen molar-refractivity contribution in [3.63, 3.8) is 0 Å². The highest BCUT2D eigenvalue weighted by molar-refractivity contribution is 5.62. The minimum Gasteiger partial charge on any atom is -0.344 e. The number of benzene rings is 1. The molecule has 1 aromatic heterocycles. The molecule has 108 valence electrons. The maximum Gasteiger partial charge on any atom is 0.124 e. The lowest BCUT2D eigenvalue weighted by Gasteiger charge is -2.07. The van der Waals surface area contributed by atoms with E-state index in [-0.39, 0.29) is 6.04 Å². The van der Waals surface area contributed by atoms with Crippen molar-refractivity contribution in [2.75, 3.05) is 0 Å². The van der Waals surface area contributed by atoms with Gasteiger partial charge in [0.15, 0.2) is 0 Å². The van der Waals surface area contributed by atoms with E-state index in [0.717, 1.165) is 36.3 Å². The maximum absolute atomic E-state index is 6.25. The smallest absolute Gasteiger partial charge is 0.124 e. The first kappa shape index (κ1) is 14.8. The van der Waals surface area contributed by atoms with E-state index in [0.29, 0.717) is 5.92 Å². The molecule has 2 aromatic rings. The highest BCUT2D eigenvalue weighted by Gasteiger charge is 2.18. The topological polar surface area (TPSA) is 54.7 Å². The number of aromatic nitrogens is 2. The normalized spacial score (nSPS) is 12.8. The summed E-state index contributed by atoms with van der Waals surface area (Å²) in [4.78, 5) is 8.23. The second-order valence-corrected chi connectivity index (χ2v) is 5.65. The zero-order chi connectivity index (χ0) is 14.5. The molecule has 0 spiro atoms. The van der Waals surface area contributed by atoms with E-state index in [4.69, 9.17) is 10.7 Å². The number of hydrogen-bond acceptors (Lipinski definition) is 2. The van der Waals surface area contributed by atoms with Gasteiger partial charge in [0.05, 0.1) is 11.7 Å². The summed E-state index contributed by atoms with van der Waals surface area (Å²) in [6, 6.07) is 10.3. The predicted molar refractivity (Wildman–Crippen MR) is 84.6 cm³/mol. The number of nitrogens with zero attached hydrogens (tertiary/aromatic N) is 1. The van der Waals surface area contributed by atoms with Crippen molar-refractivity contribution in [3.8, 4) is 11.3 Å². The molecule has 2 rings (SSSR count). The fourth-order valence-corrected chi connectivity index (χ4v) is 2.38. The first-order valence-electron chi connectivity index (χ1n) is 7.54. The zero-order valence-electron chi connectivity index (χ0n) is 12.7. The summed E-state index contributed by atoms with van der Waals surface area (Å²) in [5, 5.41) is 0. The van der Waals surface area contributed by atoms with E-state index in [1.807, 2.05) is 18.2 Å². The third-order valence-electron chi connectivity index (χ3n) is 3.59. The highest BCUT2D eigenvalue weighted by Crippen LogP contribution is 2.29. The Balaban J connectivity index is 2.34. The minimum atomic E-state index is 0.00455. The van der Waals surface area contributed by atoms with Crippen LogP contribution in [0.15, 0.2) is 30.3 Å². The lowest BCUT2D eigenvalue weighted by molar-refractivity contribution is 0.578. The van der Waals surface area contributed by atoms with Crippen LogP contribution in [-0.2, 0) is 0 Å². The molecule has 1 unspecified atom stereocenters. The molecule has 1 aromatic carbocycles. The summed E-state index contributed by atoms with van der Waals surface area (Å²) in [6.07, 6.45) is 3.28. The summed E-state index contributed by atoms with van der Waals surface area (Å²) < 4.78 is 0. The van der Waals surface area contributed by atoms with Gasteiger partial charge in [-0.15, -0.1) is 0 Å². The molecule has 0 fully saturated rings. The van der Waals surface area contributed by atoms with Crippen molar-refractivity contribution in [3.05, 3.63) is 41.9 Å². The SMILES string of the molecule is CCCCC(N)c1nc(-c2ccccc2)c(C(C)C)[nH]1. The van der Waals surface area contributed by atoms with Gasteiger partial charge in [-0.05, 0) is 12.3 Å². The Morgan fingerprint density at radius 2 is 1.90 bits per heavy atom. The van der Waals surface area contributed by atoms with Gasteiger partial charge in [0, 0.05) is 11.3 Å². The van der Waals surface area contributed by atoms with Crippen LogP contribution in [0.25, 0.3) is 11.3 Å². The third kappa shape index (κ3) is 3.28. The lowest BCUT2D eigenvalue weighted by atomic mass is 10.0. The Kier molecular flexibility index (Phi) is 4.96. The number of imidazole rings is 1. The summed E-state index contributed by atoms with van der Waals surface area (Å²) in [5.41, 5.74) is 9.62. The van der Waals surface area contributed by atoms with Gasteiger partial charge in [-0.2, -0.15) is 0 Å². The standard InChI is InChI=1S/C17H25N3/c1-4-5-11-14(18)17-19-15(12(2)3)16(20-17)13-9-7-6-8-10-13/h6-10,12,14H,4-5,11,18H2,1-3H3,(H,19,20). The van der Waals surface area contributed by atoms with Gasteiger partial charge in [-0.1, -0.05) is 63.9 Å². The van der Waals surface area contributed by atoms with Gasteiger partial charge in [-0.25, -0.2) is 4.98 Å². The first-order valence-corrected chi connectivity index (χ1v) is 7.54. The molecule has 0 saturated carbocycles. The zero-order valence-corrected chi connectivity index (χ0v) is 12.7. The molecule has 1 heterocycles. The molecule has 1 atom stereocenters. The van der Waals surface area contributed by atoms with E-state index in [9.17, 15) is 0 Å². The van der Waals surface area contributed by atoms with Crippen molar-refractivity contribution >= 4 is 0 Å². The number of rotatable bonds is 6. The molecule has 0 saturated heterocycles. The Labute approximate surface area is 121 Å². The predicted octanol–water partition coefficient (Wildman–Crippen LogP) is 4.39. The van der Waals surface area contributed by atoms with Crippen LogP contribution in [0.5, 0.6) is 0 Å². The summed E-state index contributed by atoms with van der Waals surface area (Å²) in [7, 11) is 0. The van der Waals surface area contributed by atoms with Gasteiger partial charge in [0.25, 0.3) is 0 Å². The van der Waals surface area contributed by atoms with E-state index in [2.05, 4.69) is 37.9 Å². The molecular weight excluding hydrogens is 246 g/mol. The van der Waals surface area contributed by atoms with E-state index < -0.39 is 0 Å². The molecule has 3 nitrogen and oxygen atoms in total. The molecule has 3 N–H and O–H groups in total. The fraction of sp³-hybridized carbons (Fsp3) is 0.471. The first-order chi connectivity index (χ1) is 9.63. The van der Waals surface area contributed by atoms with Crippen LogP contribution in [0.1, 0.15) is 63.5 Å². The van der Waals surface area contributed by atoms with E-state index >= 15 is 0 Å². The second kappa shape index (κ2) is 6.71. The summed E-state index contributed by atoms with van der Waals surface area (Å²) in [6.45, 7) is 6.55. The molecule has 0 amide bonds. The molecule has 0 aliphatic carbocycles. The van der Waals surface area contributed by atoms with Crippen LogP contribution in [0.3, 0.4) is 0 Å². The lowest BCUT2D eigenvalue weighted by Crippen LogP contribution is -2.12. The molecule has 0 aliphatic heterocycles. The molecule has 0 radical (unpaired) electrons. The highest BCUT2D eigenvalue weighted by atomic mass is 15.0. The number of nitrogens with two attached hydrogens (primary N) is 1. The van der Waals surface area contributed by atoms with Gasteiger partial charge in [0.1, 0.15) is 5.82 Å². The number of H-pyrrole nitrogens is 1. The molecule has 20 heavy (non-hydrogen) atoms. The number of unbranched alkanes of at least 4 members (excludes halogenated alkanes) is 1. The van der Waals surface area contributed by atoms with Gasteiger partial charge in [0.2, 0.25) is 0 Å². The third-order valence-corrected chi connectivity index (χ3v) is 3.59. The number of nitrogens with one attached hydrogen (secondary N) is 1. The number of hydrogen-bond donors (Lipinski definition) is 2. The molecule has 3 heteroatoms. The van der Waals surface area contributed by atoms with Crippen molar-refractivity contribution in [1.82, 2.24) is 9.97 Å². The van der Waals surface area contributed by atoms with Gasteiger partial charge >= 0.3 is 0 Å². The second-order valence-electron chi connectivity index (χ2n) is 5.65. The summed E-state index contributed by atoms with van der Waals surface area (Å²) in [5.74, 6) is 1.32. The fourth-order valence-electron chi connectivity index (χ4n) is 2.38. The Bertz CT molecular complexity index is 528. The average molecular weight is 271 g/mol. The van der Waals surface area contributed by atoms with Gasteiger partial charge in [-0.3, -0.25) is 0 Å². The quantitative estimate of drug-likeness (QED) is 0.818. The van der Waals surface area contributed by atoms with Crippen molar-refractivity contribution in [1.29, 1.82) is 0 Å². The van der Waals surface area contributed by atoms with E-state index in [1.54, 1.807) is 0 Å². The van der Waals surface area contributed by atoms with Crippen molar-refractivity contribution in [2.24, 2.45) is 5.73 Å². The molecule has 0 bridgehead atoms. The van der Waals surface area contributed by atoms with Crippen LogP contribution >= 0.6 is 0 Å². The van der Waals surface area contributed by atoms with Crippen LogP contribution in [0.2, 0.25) is 0 Å². The maximum atomic E-state index is 6.25. The Morgan fingerprint density at radius 1 is 1.20 bits per heavy atom. The van der Waals surface area contributed by atoms with Crippen molar-refractivity contribution < 1.29 is 0 Å². The van der Waals surface area contributed by atoms with Crippen molar-refractivity contribution in [2.45, 2.75) is 52.0 Å². The Hall–Kier alpha value is -1.61. The van der Waals surface area contributed by atoms with Crippen LogP contribution in [0, 0.1) is 0 Å². The van der Waals surface area contributed by atoms with Crippen LogP contribution in [-0.4, -0.2) is 9.97 Å². The molecule has 0 aliphatic rings. The monoisotopic (exact) mass is 271 g/mol. The van der Waals surface area contributed by atoms with Gasteiger partial charge < -0.3 is 10.7 Å².